The molecule has 1 aromatic heterocycles. The number of carbonyl (C=O) groups excluding carboxylic acids is 1. The van der Waals surface area contributed by atoms with Crippen molar-refractivity contribution in [3.63, 3.8) is 0 Å². The summed E-state index contributed by atoms with van der Waals surface area (Å²) in [5.41, 5.74) is 3.44. The van der Waals surface area contributed by atoms with Crippen molar-refractivity contribution < 1.29 is 13.9 Å². The van der Waals surface area contributed by atoms with Gasteiger partial charge in [-0.3, -0.25) is 9.79 Å². The van der Waals surface area contributed by atoms with Crippen LogP contribution in [0.25, 0.3) is 0 Å². The Hall–Kier alpha value is -4.20. The lowest BCUT2D eigenvalue weighted by Crippen LogP contribution is -2.09. The number of aromatic nitrogens is 2. The number of ketones is 1. The van der Waals surface area contributed by atoms with Gasteiger partial charge in [0.25, 0.3) is 0 Å². The monoisotopic (exact) mass is 475 g/mol. The van der Waals surface area contributed by atoms with E-state index < -0.39 is 5.82 Å². The van der Waals surface area contributed by atoms with E-state index in [4.69, 9.17) is 4.74 Å². The minimum absolute atomic E-state index is 0.157. The zero-order valence-electron chi connectivity index (χ0n) is 20.4. The highest BCUT2D eigenvalue weighted by atomic mass is 19.1. The van der Waals surface area contributed by atoms with Crippen molar-refractivity contribution in [2.24, 2.45) is 4.99 Å². The lowest BCUT2D eigenvalue weighted by molar-refractivity contribution is 0.104. The number of rotatable bonds is 9. The first-order valence-corrected chi connectivity index (χ1v) is 11.3. The van der Waals surface area contributed by atoms with E-state index in [9.17, 15) is 9.18 Å². The Morgan fingerprint density at radius 2 is 2.11 bits per heavy atom. The first-order chi connectivity index (χ1) is 16.9. The third-order valence-electron chi connectivity index (χ3n) is 5.21. The largest absolute Gasteiger partial charge is 0.439 e. The minimum Gasteiger partial charge on any atom is -0.439 e. The van der Waals surface area contributed by atoms with Gasteiger partial charge in [-0.2, -0.15) is 5.10 Å². The van der Waals surface area contributed by atoms with E-state index >= 15 is 0 Å². The number of nitrogens with one attached hydrogen (secondary N) is 2. The second-order valence-corrected chi connectivity index (χ2v) is 7.77. The number of ether oxygens (including phenoxy) is 1. The van der Waals surface area contributed by atoms with Gasteiger partial charge in [0.15, 0.2) is 5.78 Å². The molecule has 0 bridgehead atoms. The van der Waals surface area contributed by atoms with E-state index in [-0.39, 0.29) is 5.78 Å². The van der Waals surface area contributed by atoms with Crippen LogP contribution in [0.5, 0.6) is 5.75 Å². The van der Waals surface area contributed by atoms with Crippen LogP contribution in [0.4, 0.5) is 10.2 Å². The molecule has 0 unspecified atom stereocenters. The molecule has 2 aromatic rings. The molecule has 0 aliphatic carbocycles. The van der Waals surface area contributed by atoms with Gasteiger partial charge in [-0.15, -0.1) is 0 Å². The first kappa shape index (κ1) is 25.4. The molecule has 1 aliphatic rings. The highest BCUT2D eigenvalue weighted by molar-refractivity contribution is 6.08. The van der Waals surface area contributed by atoms with Gasteiger partial charge < -0.3 is 15.4 Å². The maximum atomic E-state index is 13.4. The molecule has 0 atom stereocenters. The van der Waals surface area contributed by atoms with Gasteiger partial charge in [0.2, 0.25) is 5.90 Å². The summed E-state index contributed by atoms with van der Waals surface area (Å²) in [4.78, 5) is 16.8. The number of hydrogen-bond acceptors (Lipinski definition) is 6. The van der Waals surface area contributed by atoms with Crippen LogP contribution < -0.4 is 15.4 Å². The van der Waals surface area contributed by atoms with Crippen molar-refractivity contribution in [2.75, 3.05) is 19.4 Å². The first-order valence-electron chi connectivity index (χ1n) is 11.3. The quantitative estimate of drug-likeness (QED) is 0.171. The molecule has 1 aliphatic heterocycles. The van der Waals surface area contributed by atoms with Gasteiger partial charge in [0.1, 0.15) is 17.4 Å². The number of carbonyl (C=O) groups is 1. The number of benzene rings is 1. The number of nitrogens with zero attached hydrogens (tertiary/aromatic N) is 3. The van der Waals surface area contributed by atoms with Crippen molar-refractivity contribution in [1.82, 2.24) is 15.1 Å². The Morgan fingerprint density at radius 3 is 2.83 bits per heavy atom. The van der Waals surface area contributed by atoms with Gasteiger partial charge in [-0.25, -0.2) is 9.07 Å². The number of fused-ring (bicyclic) bond motifs is 1. The zero-order valence-corrected chi connectivity index (χ0v) is 20.4. The van der Waals surface area contributed by atoms with Crippen LogP contribution in [0.3, 0.4) is 0 Å². The molecule has 2 heterocycles. The van der Waals surface area contributed by atoms with E-state index in [0.29, 0.717) is 29.6 Å². The van der Waals surface area contributed by atoms with Crippen LogP contribution in [0.1, 0.15) is 30.6 Å². The zero-order chi connectivity index (χ0) is 25.2. The maximum Gasteiger partial charge on any atom is 0.216 e. The maximum absolute atomic E-state index is 13.4. The van der Waals surface area contributed by atoms with Crippen LogP contribution in [0.2, 0.25) is 0 Å². The fourth-order valence-corrected chi connectivity index (χ4v) is 3.30. The molecule has 8 heteroatoms. The van der Waals surface area contributed by atoms with Crippen LogP contribution in [0, 0.1) is 5.82 Å². The Morgan fingerprint density at radius 1 is 1.31 bits per heavy atom. The summed E-state index contributed by atoms with van der Waals surface area (Å²) in [7, 11) is 3.49. The number of aliphatic imine (C=N–C) groups is 1. The molecule has 182 valence electrons. The lowest BCUT2D eigenvalue weighted by atomic mass is 10.2. The molecule has 7 nitrogen and oxygen atoms in total. The Labute approximate surface area is 205 Å². The van der Waals surface area contributed by atoms with Gasteiger partial charge in [0.05, 0.1) is 18.3 Å². The van der Waals surface area contributed by atoms with Crippen LogP contribution in [-0.4, -0.2) is 35.6 Å². The Kier molecular flexibility index (Phi) is 8.95. The van der Waals surface area contributed by atoms with Crippen LogP contribution >= 0.6 is 0 Å². The Bertz CT molecular complexity index is 1240. The molecule has 35 heavy (non-hydrogen) atoms. The van der Waals surface area contributed by atoms with E-state index in [1.54, 1.807) is 42.2 Å². The summed E-state index contributed by atoms with van der Waals surface area (Å²) in [6, 6.07) is 5.84. The van der Waals surface area contributed by atoms with E-state index in [0.717, 1.165) is 23.4 Å². The molecule has 0 fully saturated rings. The summed E-state index contributed by atoms with van der Waals surface area (Å²) < 4.78 is 20.8. The molecular formula is C27H30FN5O2. The second kappa shape index (κ2) is 12.3. The smallest absolute Gasteiger partial charge is 0.216 e. The van der Waals surface area contributed by atoms with Crippen molar-refractivity contribution in [2.45, 2.75) is 26.8 Å². The predicted octanol–water partition coefficient (Wildman–Crippen LogP) is 5.19. The van der Waals surface area contributed by atoms with Crippen molar-refractivity contribution in [3.05, 3.63) is 101 Å². The summed E-state index contributed by atoms with van der Waals surface area (Å²) in [5.74, 6) is 0.715. The van der Waals surface area contributed by atoms with E-state index in [1.807, 2.05) is 38.3 Å². The average molecular weight is 476 g/mol. The average Bonchev–Trinajstić information content (AvgIpc) is 3.42. The molecule has 2 N–H and O–H groups in total. The molecule has 0 radical (unpaired) electrons. The molecule has 0 amide bonds. The van der Waals surface area contributed by atoms with E-state index in [2.05, 4.69) is 27.6 Å². The molecular weight excluding hydrogens is 445 g/mol. The van der Waals surface area contributed by atoms with Crippen molar-refractivity contribution >= 4 is 17.5 Å². The number of anilines is 1. The predicted molar refractivity (Wildman–Crippen MR) is 138 cm³/mol. The molecule has 0 spiro atoms. The summed E-state index contributed by atoms with van der Waals surface area (Å²) >= 11 is 0. The van der Waals surface area contributed by atoms with E-state index in [1.165, 1.54) is 18.2 Å². The fraction of sp³-hybridized carbons (Fsp3) is 0.222. The van der Waals surface area contributed by atoms with Crippen LogP contribution in [0.15, 0.2) is 95.0 Å². The normalized spacial score (nSPS) is 15.7. The topological polar surface area (TPSA) is 80.5 Å². The van der Waals surface area contributed by atoms with Gasteiger partial charge in [-0.05, 0) is 37.6 Å². The molecule has 1 aromatic carbocycles. The fourth-order valence-electron chi connectivity index (χ4n) is 3.30. The van der Waals surface area contributed by atoms with Gasteiger partial charge in [0, 0.05) is 37.6 Å². The molecule has 0 saturated heterocycles. The molecule has 3 rings (SSSR count). The summed E-state index contributed by atoms with van der Waals surface area (Å²) in [5, 5.41) is 10.6. The number of halogens is 1. The number of hydrogen-bond donors (Lipinski definition) is 2. The minimum atomic E-state index is -0.391. The summed E-state index contributed by atoms with van der Waals surface area (Å²) in [6.07, 6.45) is 15.3. The Balaban J connectivity index is 1.63. The van der Waals surface area contributed by atoms with Crippen molar-refractivity contribution in [1.29, 1.82) is 0 Å². The third-order valence-corrected chi connectivity index (χ3v) is 5.21. The highest BCUT2D eigenvalue weighted by Gasteiger charge is 2.23. The summed E-state index contributed by atoms with van der Waals surface area (Å²) in [6.45, 7) is 4.52. The van der Waals surface area contributed by atoms with Crippen LogP contribution in [-0.2, 0) is 6.54 Å². The lowest BCUT2D eigenvalue weighted by Gasteiger charge is -2.06. The van der Waals surface area contributed by atoms with Crippen molar-refractivity contribution in [3.8, 4) is 5.75 Å². The standard InChI is InChI=1S/C27H30FN5O2/c1-5-21(29-3)14-13-19(2)9-6-7-12-25(34)24-17-31-33-18-22(32-27(24)33)16-26(30-4)35-23-11-8-10-20(28)15-23/h6-17,29,32H,5,18H2,1-4H3/b9-6+,12-7+,19-13-,21-14+,22-16+,30-26?. The third kappa shape index (κ3) is 7.14. The SMILES string of the molecule is CC\C(=C/C=C(C)\C=C\C=C\C(=O)c1cnn2c1N/C(=C/C(=NC)Oc1cccc(F)c1)C2)NC. The van der Waals surface area contributed by atoms with Gasteiger partial charge in [-0.1, -0.05) is 42.9 Å². The number of allylic oxidation sites excluding steroid dienone is 9. The van der Waals surface area contributed by atoms with Gasteiger partial charge >= 0.3 is 0 Å². The second-order valence-electron chi connectivity index (χ2n) is 7.77. The molecule has 0 saturated carbocycles. The highest BCUT2D eigenvalue weighted by Crippen LogP contribution is 2.25.